The number of benzene rings is 1. The number of nitriles is 1. The molecule has 0 amide bonds. The number of rotatable bonds is 4. The first-order valence-electron chi connectivity index (χ1n) is 6.75. The summed E-state index contributed by atoms with van der Waals surface area (Å²) in [6.07, 6.45) is 0. The number of likely N-dealkylation sites (N-methyl/N-ethyl adjacent to an activating group) is 1. The van der Waals surface area contributed by atoms with E-state index in [4.69, 9.17) is 5.26 Å². The number of sulfonamides is 1. The van der Waals surface area contributed by atoms with Crippen LogP contribution in [0.15, 0.2) is 24.3 Å². The Hall–Kier alpha value is -1.42. The van der Waals surface area contributed by atoms with Gasteiger partial charge >= 0.3 is 0 Å². The molecule has 0 radical (unpaired) electrons. The van der Waals surface area contributed by atoms with Crippen LogP contribution in [0.4, 0.5) is 0 Å². The van der Waals surface area contributed by atoms with Gasteiger partial charge in [0.25, 0.3) is 0 Å². The molecule has 20 heavy (non-hydrogen) atoms. The lowest BCUT2D eigenvalue weighted by molar-refractivity contribution is 0.196. The van der Waals surface area contributed by atoms with E-state index in [0.29, 0.717) is 24.2 Å². The van der Waals surface area contributed by atoms with E-state index in [1.54, 1.807) is 24.3 Å². The molecule has 1 fully saturated rings. The first-order chi connectivity index (χ1) is 9.56. The van der Waals surface area contributed by atoms with Crippen molar-refractivity contribution < 1.29 is 8.42 Å². The Morgan fingerprint density at radius 3 is 2.45 bits per heavy atom. The van der Waals surface area contributed by atoms with Gasteiger partial charge in [-0.25, -0.2) is 8.42 Å². The van der Waals surface area contributed by atoms with E-state index in [0.717, 1.165) is 19.6 Å². The Morgan fingerprint density at radius 1 is 1.20 bits per heavy atom. The van der Waals surface area contributed by atoms with Crippen LogP contribution in [0.3, 0.4) is 0 Å². The molecule has 0 aliphatic carbocycles. The van der Waals surface area contributed by atoms with E-state index >= 15 is 0 Å². The normalized spacial score (nSPS) is 17.8. The maximum atomic E-state index is 12.4. The summed E-state index contributed by atoms with van der Waals surface area (Å²) >= 11 is 0. The van der Waals surface area contributed by atoms with Gasteiger partial charge in [-0.3, -0.25) is 0 Å². The minimum atomic E-state index is -3.35. The molecule has 0 aromatic heterocycles. The van der Waals surface area contributed by atoms with Crippen LogP contribution in [0, 0.1) is 11.3 Å². The Kier molecular flexibility index (Phi) is 4.76. The second-order valence-corrected chi connectivity index (χ2v) is 6.83. The molecule has 0 spiro atoms. The molecule has 1 saturated heterocycles. The third-order valence-electron chi connectivity index (χ3n) is 3.65. The third kappa shape index (κ3) is 3.37. The fraction of sp³-hybridized carbons (Fsp3) is 0.500. The van der Waals surface area contributed by atoms with Crippen LogP contribution in [0.5, 0.6) is 0 Å². The summed E-state index contributed by atoms with van der Waals surface area (Å²) in [5, 5.41) is 9.03. The molecule has 2 rings (SSSR count). The Labute approximate surface area is 120 Å². The first-order valence-corrected chi connectivity index (χ1v) is 8.36. The SMILES string of the molecule is CCN1CCN(S(=O)(=O)Cc2ccccc2C#N)CC1. The minimum absolute atomic E-state index is 0.0944. The van der Waals surface area contributed by atoms with Gasteiger partial charge in [0, 0.05) is 26.2 Å². The van der Waals surface area contributed by atoms with E-state index in [2.05, 4.69) is 11.8 Å². The van der Waals surface area contributed by atoms with Crippen LogP contribution in [0.1, 0.15) is 18.1 Å². The lowest BCUT2D eigenvalue weighted by atomic mass is 10.1. The van der Waals surface area contributed by atoms with Gasteiger partial charge in [-0.1, -0.05) is 25.1 Å². The number of hydrogen-bond acceptors (Lipinski definition) is 4. The van der Waals surface area contributed by atoms with Crippen LogP contribution in [0.25, 0.3) is 0 Å². The minimum Gasteiger partial charge on any atom is -0.301 e. The molecule has 0 bridgehead atoms. The molecular weight excluding hydrogens is 274 g/mol. The van der Waals surface area contributed by atoms with Gasteiger partial charge in [0.1, 0.15) is 0 Å². The quantitative estimate of drug-likeness (QED) is 0.831. The van der Waals surface area contributed by atoms with Gasteiger partial charge in [-0.2, -0.15) is 9.57 Å². The highest BCUT2D eigenvalue weighted by atomic mass is 32.2. The summed E-state index contributed by atoms with van der Waals surface area (Å²) < 4.78 is 26.4. The predicted molar refractivity (Wildman–Crippen MR) is 77.5 cm³/mol. The number of nitrogens with zero attached hydrogens (tertiary/aromatic N) is 3. The topological polar surface area (TPSA) is 64.4 Å². The van der Waals surface area contributed by atoms with Crippen molar-refractivity contribution in [2.24, 2.45) is 0 Å². The van der Waals surface area contributed by atoms with Crippen molar-refractivity contribution in [3.63, 3.8) is 0 Å². The standard InChI is InChI=1S/C14H19N3O2S/c1-2-16-7-9-17(10-8-16)20(18,19)12-14-6-4-3-5-13(14)11-15/h3-6H,2,7-10,12H2,1H3. The summed E-state index contributed by atoms with van der Waals surface area (Å²) in [7, 11) is -3.35. The average Bonchev–Trinajstić information content (AvgIpc) is 2.47. The van der Waals surface area contributed by atoms with Crippen LogP contribution in [0.2, 0.25) is 0 Å². The van der Waals surface area contributed by atoms with Crippen LogP contribution < -0.4 is 0 Å². The second-order valence-electron chi connectivity index (χ2n) is 4.86. The lowest BCUT2D eigenvalue weighted by Crippen LogP contribution is -2.48. The predicted octanol–water partition coefficient (Wildman–Crippen LogP) is 1.03. The molecule has 5 nitrogen and oxygen atoms in total. The number of hydrogen-bond donors (Lipinski definition) is 0. The van der Waals surface area contributed by atoms with Crippen LogP contribution in [-0.2, 0) is 15.8 Å². The van der Waals surface area contributed by atoms with Gasteiger partial charge in [0.05, 0.1) is 17.4 Å². The fourth-order valence-corrected chi connectivity index (χ4v) is 3.91. The molecule has 1 heterocycles. The van der Waals surface area contributed by atoms with E-state index in [-0.39, 0.29) is 5.75 Å². The monoisotopic (exact) mass is 293 g/mol. The van der Waals surface area contributed by atoms with Gasteiger partial charge in [0.15, 0.2) is 0 Å². The van der Waals surface area contributed by atoms with Crippen molar-refractivity contribution >= 4 is 10.0 Å². The molecule has 0 N–H and O–H groups in total. The van der Waals surface area contributed by atoms with Crippen molar-refractivity contribution in [1.29, 1.82) is 5.26 Å². The average molecular weight is 293 g/mol. The fourth-order valence-electron chi connectivity index (χ4n) is 2.37. The molecular formula is C14H19N3O2S. The molecule has 108 valence electrons. The molecule has 1 aromatic rings. The highest BCUT2D eigenvalue weighted by molar-refractivity contribution is 7.88. The molecule has 1 aromatic carbocycles. The molecule has 0 atom stereocenters. The van der Waals surface area contributed by atoms with Crippen molar-refractivity contribution in [2.45, 2.75) is 12.7 Å². The maximum Gasteiger partial charge on any atom is 0.218 e. The summed E-state index contributed by atoms with van der Waals surface area (Å²) in [5.41, 5.74) is 1.01. The highest BCUT2D eigenvalue weighted by Gasteiger charge is 2.27. The molecule has 6 heteroatoms. The largest absolute Gasteiger partial charge is 0.301 e. The van der Waals surface area contributed by atoms with Crippen molar-refractivity contribution in [1.82, 2.24) is 9.21 Å². The Balaban J connectivity index is 2.10. The zero-order valence-corrected chi connectivity index (χ0v) is 12.4. The van der Waals surface area contributed by atoms with Crippen molar-refractivity contribution in [3.05, 3.63) is 35.4 Å². The van der Waals surface area contributed by atoms with Gasteiger partial charge in [-0.15, -0.1) is 0 Å². The summed E-state index contributed by atoms with van der Waals surface area (Å²) in [4.78, 5) is 2.23. The van der Waals surface area contributed by atoms with Gasteiger partial charge in [-0.05, 0) is 18.2 Å². The van der Waals surface area contributed by atoms with Crippen molar-refractivity contribution in [2.75, 3.05) is 32.7 Å². The molecule has 1 aliphatic rings. The smallest absolute Gasteiger partial charge is 0.218 e. The van der Waals surface area contributed by atoms with Crippen LogP contribution in [-0.4, -0.2) is 50.3 Å². The second kappa shape index (κ2) is 6.35. The van der Waals surface area contributed by atoms with E-state index in [1.807, 2.05) is 6.07 Å². The zero-order valence-electron chi connectivity index (χ0n) is 11.6. The molecule has 0 unspecified atom stereocenters. The molecule has 0 saturated carbocycles. The number of piperazine rings is 1. The van der Waals surface area contributed by atoms with E-state index in [9.17, 15) is 8.42 Å². The van der Waals surface area contributed by atoms with Gasteiger partial charge in [0.2, 0.25) is 10.0 Å². The van der Waals surface area contributed by atoms with Crippen LogP contribution >= 0.6 is 0 Å². The maximum absolute atomic E-state index is 12.4. The highest BCUT2D eigenvalue weighted by Crippen LogP contribution is 2.16. The summed E-state index contributed by atoms with van der Waals surface area (Å²) in [5.74, 6) is -0.0944. The van der Waals surface area contributed by atoms with Gasteiger partial charge < -0.3 is 4.90 Å². The third-order valence-corrected chi connectivity index (χ3v) is 5.48. The molecule has 1 aliphatic heterocycles. The lowest BCUT2D eigenvalue weighted by Gasteiger charge is -2.33. The van der Waals surface area contributed by atoms with E-state index in [1.165, 1.54) is 4.31 Å². The summed E-state index contributed by atoms with van der Waals surface area (Å²) in [6, 6.07) is 8.91. The first kappa shape index (κ1) is 15.0. The van der Waals surface area contributed by atoms with E-state index < -0.39 is 10.0 Å². The van der Waals surface area contributed by atoms with Crippen molar-refractivity contribution in [3.8, 4) is 6.07 Å². The summed E-state index contributed by atoms with van der Waals surface area (Å²) in [6.45, 7) is 5.64. The Morgan fingerprint density at radius 2 is 1.85 bits per heavy atom. The Bertz CT molecular complexity index is 599. The zero-order chi connectivity index (χ0) is 14.6.